The molecule has 106 valence electrons. The first-order chi connectivity index (χ1) is 9.65. The molecule has 0 fully saturated rings. The average Bonchev–Trinajstić information content (AvgIpc) is 2.44. The Bertz CT molecular complexity index is 655. The van der Waals surface area contributed by atoms with Gasteiger partial charge in [-0.15, -0.1) is 0 Å². The normalized spacial score (nSPS) is 10.6. The van der Waals surface area contributed by atoms with Crippen LogP contribution in [0.1, 0.15) is 18.9 Å². The molecule has 5 nitrogen and oxygen atoms in total. The highest BCUT2D eigenvalue weighted by atomic mass is 35.5. The molecule has 20 heavy (non-hydrogen) atoms. The number of rotatable bonds is 5. The Kier molecular flexibility index (Phi) is 4.76. The SMILES string of the molecule is CCCn1ccnc(Oc2cc(Cl)ccc2CN)c1=O. The summed E-state index contributed by atoms with van der Waals surface area (Å²) in [4.78, 5) is 16.1. The van der Waals surface area contributed by atoms with Crippen molar-refractivity contribution >= 4 is 11.6 Å². The quantitative estimate of drug-likeness (QED) is 0.920. The van der Waals surface area contributed by atoms with Crippen LogP contribution in [-0.2, 0) is 13.1 Å². The van der Waals surface area contributed by atoms with Crippen LogP contribution < -0.4 is 16.0 Å². The summed E-state index contributed by atoms with van der Waals surface area (Å²) in [7, 11) is 0. The van der Waals surface area contributed by atoms with Crippen LogP contribution in [0, 0.1) is 0 Å². The monoisotopic (exact) mass is 293 g/mol. The molecule has 1 aromatic heterocycles. The molecule has 0 bridgehead atoms. The second-order valence-corrected chi connectivity index (χ2v) is 4.73. The Labute approximate surface area is 122 Å². The van der Waals surface area contributed by atoms with Gasteiger partial charge >= 0.3 is 5.56 Å². The Balaban J connectivity index is 2.37. The largest absolute Gasteiger partial charge is 0.434 e. The van der Waals surface area contributed by atoms with E-state index < -0.39 is 0 Å². The lowest BCUT2D eigenvalue weighted by Crippen LogP contribution is -2.21. The van der Waals surface area contributed by atoms with Gasteiger partial charge < -0.3 is 15.0 Å². The minimum Gasteiger partial charge on any atom is -0.434 e. The van der Waals surface area contributed by atoms with Gasteiger partial charge in [-0.2, -0.15) is 0 Å². The number of nitrogens with zero attached hydrogens (tertiary/aromatic N) is 2. The smallest absolute Gasteiger partial charge is 0.313 e. The molecule has 0 saturated carbocycles. The van der Waals surface area contributed by atoms with Gasteiger partial charge in [-0.1, -0.05) is 24.6 Å². The highest BCUT2D eigenvalue weighted by Gasteiger charge is 2.10. The Morgan fingerprint density at radius 3 is 2.95 bits per heavy atom. The maximum atomic E-state index is 12.2. The molecule has 0 aliphatic heterocycles. The third-order valence-electron chi connectivity index (χ3n) is 2.80. The Hall–Kier alpha value is -1.85. The zero-order valence-electron chi connectivity index (χ0n) is 11.2. The molecule has 0 atom stereocenters. The van der Waals surface area contributed by atoms with E-state index in [4.69, 9.17) is 22.1 Å². The third kappa shape index (κ3) is 3.18. The lowest BCUT2D eigenvalue weighted by molar-refractivity contribution is 0.439. The molecular weight excluding hydrogens is 278 g/mol. The molecule has 0 amide bonds. The van der Waals surface area contributed by atoms with Gasteiger partial charge in [-0.3, -0.25) is 4.79 Å². The molecule has 0 radical (unpaired) electrons. The summed E-state index contributed by atoms with van der Waals surface area (Å²) in [5, 5.41) is 0.516. The van der Waals surface area contributed by atoms with E-state index in [1.54, 1.807) is 35.2 Å². The van der Waals surface area contributed by atoms with Crippen LogP contribution in [0.2, 0.25) is 5.02 Å². The van der Waals surface area contributed by atoms with Crippen LogP contribution in [0.5, 0.6) is 11.6 Å². The van der Waals surface area contributed by atoms with E-state index in [1.165, 1.54) is 0 Å². The fraction of sp³-hybridized carbons (Fsp3) is 0.286. The van der Waals surface area contributed by atoms with E-state index in [0.717, 1.165) is 12.0 Å². The van der Waals surface area contributed by atoms with Gasteiger partial charge in [-0.25, -0.2) is 4.98 Å². The van der Waals surface area contributed by atoms with Gasteiger partial charge in [0, 0.05) is 36.1 Å². The molecule has 0 unspecified atom stereocenters. The van der Waals surface area contributed by atoms with Crippen molar-refractivity contribution < 1.29 is 4.74 Å². The summed E-state index contributed by atoms with van der Waals surface area (Å²) in [6.07, 6.45) is 4.04. The van der Waals surface area contributed by atoms with Crippen molar-refractivity contribution in [3.63, 3.8) is 0 Å². The number of benzene rings is 1. The summed E-state index contributed by atoms with van der Waals surface area (Å²) in [5.74, 6) is 0.483. The third-order valence-corrected chi connectivity index (χ3v) is 3.04. The fourth-order valence-electron chi connectivity index (χ4n) is 1.81. The maximum Gasteiger partial charge on any atom is 0.313 e. The van der Waals surface area contributed by atoms with E-state index in [2.05, 4.69) is 4.98 Å². The Morgan fingerprint density at radius 1 is 1.45 bits per heavy atom. The predicted molar refractivity (Wildman–Crippen MR) is 78.2 cm³/mol. The van der Waals surface area contributed by atoms with Crippen molar-refractivity contribution in [2.75, 3.05) is 0 Å². The van der Waals surface area contributed by atoms with Crippen LogP contribution in [0.3, 0.4) is 0 Å². The summed E-state index contributed by atoms with van der Waals surface area (Å²) < 4.78 is 7.15. The maximum absolute atomic E-state index is 12.2. The number of hydrogen-bond donors (Lipinski definition) is 1. The van der Waals surface area contributed by atoms with Crippen molar-refractivity contribution in [2.45, 2.75) is 26.4 Å². The minimum atomic E-state index is -0.266. The van der Waals surface area contributed by atoms with E-state index in [0.29, 0.717) is 23.9 Å². The first-order valence-electron chi connectivity index (χ1n) is 6.37. The van der Waals surface area contributed by atoms with Crippen molar-refractivity contribution in [2.24, 2.45) is 5.73 Å². The van der Waals surface area contributed by atoms with Crippen LogP contribution in [0.4, 0.5) is 0 Å². The van der Waals surface area contributed by atoms with Gasteiger partial charge in [-0.05, 0) is 18.6 Å². The topological polar surface area (TPSA) is 70.1 Å². The molecule has 2 aromatic rings. The number of aryl methyl sites for hydroxylation is 1. The van der Waals surface area contributed by atoms with E-state index in [1.807, 2.05) is 6.92 Å². The van der Waals surface area contributed by atoms with Crippen LogP contribution >= 0.6 is 11.6 Å². The summed E-state index contributed by atoms with van der Waals surface area (Å²) >= 11 is 5.94. The summed E-state index contributed by atoms with van der Waals surface area (Å²) in [6, 6.07) is 5.12. The number of hydrogen-bond acceptors (Lipinski definition) is 4. The van der Waals surface area contributed by atoms with Gasteiger partial charge in [0.05, 0.1) is 0 Å². The molecule has 0 saturated heterocycles. The molecule has 1 heterocycles. The highest BCUT2D eigenvalue weighted by Crippen LogP contribution is 2.25. The molecule has 0 spiro atoms. The molecule has 6 heteroatoms. The fourth-order valence-corrected chi connectivity index (χ4v) is 1.97. The van der Waals surface area contributed by atoms with E-state index in [9.17, 15) is 4.79 Å². The highest BCUT2D eigenvalue weighted by molar-refractivity contribution is 6.30. The lowest BCUT2D eigenvalue weighted by Gasteiger charge is -2.10. The summed E-state index contributed by atoms with van der Waals surface area (Å²) in [6.45, 7) is 2.91. The van der Waals surface area contributed by atoms with E-state index >= 15 is 0 Å². The zero-order valence-corrected chi connectivity index (χ0v) is 11.9. The van der Waals surface area contributed by atoms with Gasteiger partial charge in [0.1, 0.15) is 5.75 Å². The van der Waals surface area contributed by atoms with Crippen molar-refractivity contribution in [1.29, 1.82) is 0 Å². The van der Waals surface area contributed by atoms with Crippen LogP contribution in [0.25, 0.3) is 0 Å². The van der Waals surface area contributed by atoms with Gasteiger partial charge in [0.25, 0.3) is 5.88 Å². The van der Waals surface area contributed by atoms with Crippen molar-refractivity contribution in [3.05, 3.63) is 51.5 Å². The zero-order chi connectivity index (χ0) is 14.5. The number of halogens is 1. The standard InChI is InChI=1S/C14H16ClN3O2/c1-2-6-18-7-5-17-13(14(18)19)20-12-8-11(15)4-3-10(12)9-16/h3-5,7-8H,2,6,9,16H2,1H3. The molecule has 1 aromatic carbocycles. The van der Waals surface area contributed by atoms with Crippen molar-refractivity contribution in [3.8, 4) is 11.6 Å². The second-order valence-electron chi connectivity index (χ2n) is 4.29. The molecular formula is C14H16ClN3O2. The predicted octanol–water partition coefficient (Wildman–Crippen LogP) is 2.56. The van der Waals surface area contributed by atoms with Gasteiger partial charge in [0.15, 0.2) is 0 Å². The summed E-state index contributed by atoms with van der Waals surface area (Å²) in [5.41, 5.74) is 6.14. The minimum absolute atomic E-state index is 0.0258. The van der Waals surface area contributed by atoms with Crippen LogP contribution in [0.15, 0.2) is 35.4 Å². The number of ether oxygens (including phenoxy) is 1. The molecule has 2 N–H and O–H groups in total. The van der Waals surface area contributed by atoms with Crippen molar-refractivity contribution in [1.82, 2.24) is 9.55 Å². The van der Waals surface area contributed by atoms with E-state index in [-0.39, 0.29) is 11.4 Å². The van der Waals surface area contributed by atoms with Crippen LogP contribution in [-0.4, -0.2) is 9.55 Å². The van der Waals surface area contributed by atoms with Gasteiger partial charge in [0.2, 0.25) is 0 Å². The molecule has 2 rings (SSSR count). The lowest BCUT2D eigenvalue weighted by atomic mass is 10.2. The molecule has 0 aliphatic carbocycles. The number of aromatic nitrogens is 2. The number of nitrogens with two attached hydrogens (primary N) is 1. The Morgan fingerprint density at radius 2 is 2.25 bits per heavy atom. The second kappa shape index (κ2) is 6.54. The first kappa shape index (κ1) is 14.6. The average molecular weight is 294 g/mol. The first-order valence-corrected chi connectivity index (χ1v) is 6.75. The molecule has 0 aliphatic rings.